The molecule has 0 saturated carbocycles. The average Bonchev–Trinajstić information content (AvgIpc) is 2.34. The molecule has 0 heterocycles. The van der Waals surface area contributed by atoms with E-state index in [1.54, 1.807) is 9.09 Å². The number of allylic oxidation sites excluding steroid dienone is 8. The van der Waals surface area contributed by atoms with E-state index in [4.69, 9.17) is 0 Å². The van der Waals surface area contributed by atoms with Crippen LogP contribution in [0.5, 0.6) is 0 Å². The van der Waals surface area contributed by atoms with Crippen molar-refractivity contribution in [2.75, 3.05) is 0 Å². The van der Waals surface area contributed by atoms with Crippen molar-refractivity contribution < 1.29 is 14.4 Å². The summed E-state index contributed by atoms with van der Waals surface area (Å²) in [7, 11) is 0. The Morgan fingerprint density at radius 3 is 1.57 bits per heavy atom. The first-order chi connectivity index (χ1) is 10.0. The second-order valence-electron chi connectivity index (χ2n) is 6.87. The van der Waals surface area contributed by atoms with Crippen molar-refractivity contribution in [3.63, 3.8) is 0 Å². The van der Waals surface area contributed by atoms with E-state index in [1.807, 2.05) is 14.4 Å². The summed E-state index contributed by atoms with van der Waals surface area (Å²) >= 11 is 1.84. The first-order valence-electron chi connectivity index (χ1n) is 8.36. The summed E-state index contributed by atoms with van der Waals surface area (Å²) in [5.74, 6) is 2.69. The van der Waals surface area contributed by atoms with E-state index >= 15 is 0 Å². The van der Waals surface area contributed by atoms with Gasteiger partial charge in [0.15, 0.2) is 0 Å². The summed E-state index contributed by atoms with van der Waals surface area (Å²) in [6.07, 6.45) is 19.3. The Bertz CT molecular complexity index is 410. The maximum absolute atomic E-state index is 2.52. The van der Waals surface area contributed by atoms with Gasteiger partial charge in [-0.05, 0) is 0 Å². The van der Waals surface area contributed by atoms with Gasteiger partial charge in [0.25, 0.3) is 0 Å². The van der Waals surface area contributed by atoms with Gasteiger partial charge in [0.05, 0.1) is 0 Å². The zero-order valence-electron chi connectivity index (χ0n) is 13.9. The number of hydrogen-bond donors (Lipinski definition) is 0. The third kappa shape index (κ3) is 5.99. The Kier molecular flexibility index (Phi) is 6.55. The zero-order chi connectivity index (χ0) is 15.2. The molecule has 1 heteroatoms. The first-order valence-corrected chi connectivity index (χ1v) is 9.35. The topological polar surface area (TPSA) is 0 Å². The summed E-state index contributed by atoms with van der Waals surface area (Å²) in [4.78, 5) is 0. The van der Waals surface area contributed by atoms with Crippen LogP contribution in [0.1, 0.15) is 53.4 Å². The van der Waals surface area contributed by atoms with Crippen LogP contribution in [0.25, 0.3) is 0 Å². The molecule has 4 atom stereocenters. The molecule has 0 nitrogen and oxygen atoms in total. The molecular formula is C20H30Ni. The van der Waals surface area contributed by atoms with E-state index in [2.05, 4.69) is 64.2 Å². The first kappa shape index (κ1) is 16.8. The van der Waals surface area contributed by atoms with Gasteiger partial charge in [-0.3, -0.25) is 0 Å². The van der Waals surface area contributed by atoms with E-state index in [-0.39, 0.29) is 0 Å². The SMILES string of the molecule is CC1C=[C]([Ni][C]2=CC(C)CC=CC(C)C2)CC(C)C=CC1. The number of rotatable bonds is 2. The molecule has 0 saturated heterocycles. The Balaban J connectivity index is 2.10. The van der Waals surface area contributed by atoms with Crippen LogP contribution in [0, 0.1) is 23.7 Å². The van der Waals surface area contributed by atoms with Crippen LogP contribution >= 0.6 is 0 Å². The van der Waals surface area contributed by atoms with Crippen LogP contribution < -0.4 is 0 Å². The fourth-order valence-corrected chi connectivity index (χ4v) is 4.84. The Morgan fingerprint density at radius 1 is 0.714 bits per heavy atom. The molecule has 0 aromatic heterocycles. The molecule has 0 fully saturated rings. The van der Waals surface area contributed by atoms with E-state index in [1.165, 1.54) is 25.7 Å². The molecule has 0 amide bonds. The fourth-order valence-electron chi connectivity index (χ4n) is 2.86. The summed E-state index contributed by atoms with van der Waals surface area (Å²) in [6, 6.07) is 0. The van der Waals surface area contributed by atoms with E-state index in [0.717, 1.165) is 0 Å². The molecular weight excluding hydrogens is 299 g/mol. The predicted molar refractivity (Wildman–Crippen MR) is 89.6 cm³/mol. The summed E-state index contributed by atoms with van der Waals surface area (Å²) in [6.45, 7) is 9.35. The van der Waals surface area contributed by atoms with Gasteiger partial charge >= 0.3 is 137 Å². The predicted octanol–water partition coefficient (Wildman–Crippen LogP) is 6.08. The normalized spacial score (nSPS) is 34.5. The van der Waals surface area contributed by atoms with Crippen LogP contribution in [0.3, 0.4) is 0 Å². The van der Waals surface area contributed by atoms with Gasteiger partial charge in [-0.2, -0.15) is 0 Å². The van der Waals surface area contributed by atoms with Crippen molar-refractivity contribution in [3.05, 3.63) is 45.5 Å². The summed E-state index contributed by atoms with van der Waals surface area (Å²) in [5, 5.41) is 0. The van der Waals surface area contributed by atoms with Crippen molar-refractivity contribution in [1.82, 2.24) is 0 Å². The van der Waals surface area contributed by atoms with Crippen LogP contribution in [0.4, 0.5) is 0 Å². The monoisotopic (exact) mass is 328 g/mol. The molecule has 0 bridgehead atoms. The molecule has 2 aliphatic rings. The molecule has 0 aliphatic heterocycles. The molecule has 0 aromatic rings. The van der Waals surface area contributed by atoms with E-state index in [9.17, 15) is 0 Å². The molecule has 120 valence electrons. The van der Waals surface area contributed by atoms with Crippen LogP contribution in [0.15, 0.2) is 45.5 Å². The van der Waals surface area contributed by atoms with Gasteiger partial charge in [0.1, 0.15) is 0 Å². The minimum absolute atomic E-state index is 0.672. The minimum atomic E-state index is 0.672. The van der Waals surface area contributed by atoms with Crippen LogP contribution in [0.2, 0.25) is 0 Å². The zero-order valence-corrected chi connectivity index (χ0v) is 14.9. The standard InChI is InChI=1S/2C10H15.Ni/c2*1-9-5-3-7-10(2)8-4-6-9;/h2*3,5,8-10H,6-7H2,1-2H3;. The second-order valence-corrected chi connectivity index (χ2v) is 8.39. The molecule has 0 N–H and O–H groups in total. The van der Waals surface area contributed by atoms with Gasteiger partial charge in [-0.1, -0.05) is 0 Å². The molecule has 0 aromatic carbocycles. The molecule has 2 rings (SSSR count). The second kappa shape index (κ2) is 8.18. The Morgan fingerprint density at radius 2 is 1.14 bits per heavy atom. The van der Waals surface area contributed by atoms with Crippen molar-refractivity contribution in [2.45, 2.75) is 53.4 Å². The van der Waals surface area contributed by atoms with Crippen molar-refractivity contribution in [3.8, 4) is 0 Å². The van der Waals surface area contributed by atoms with Gasteiger partial charge in [-0.15, -0.1) is 0 Å². The molecule has 21 heavy (non-hydrogen) atoms. The van der Waals surface area contributed by atoms with Crippen molar-refractivity contribution >= 4 is 0 Å². The summed E-state index contributed by atoms with van der Waals surface area (Å²) < 4.78 is 3.20. The average molecular weight is 329 g/mol. The van der Waals surface area contributed by atoms with Gasteiger partial charge in [0, 0.05) is 0 Å². The quantitative estimate of drug-likeness (QED) is 0.425. The molecule has 0 spiro atoms. The molecule has 2 aliphatic carbocycles. The van der Waals surface area contributed by atoms with Gasteiger partial charge in [0.2, 0.25) is 0 Å². The van der Waals surface area contributed by atoms with E-state index in [0.29, 0.717) is 23.7 Å². The third-order valence-corrected chi connectivity index (χ3v) is 5.43. The van der Waals surface area contributed by atoms with Crippen LogP contribution in [-0.4, -0.2) is 0 Å². The molecule has 4 unspecified atom stereocenters. The summed E-state index contributed by atoms with van der Waals surface area (Å²) in [5.41, 5.74) is 0. The molecule has 0 radical (unpaired) electrons. The van der Waals surface area contributed by atoms with Gasteiger partial charge < -0.3 is 0 Å². The fraction of sp³-hybridized carbons (Fsp3) is 0.600. The Labute approximate surface area is 137 Å². The number of hydrogen-bond acceptors (Lipinski definition) is 0. The van der Waals surface area contributed by atoms with Crippen molar-refractivity contribution in [2.24, 2.45) is 23.7 Å². The van der Waals surface area contributed by atoms with Crippen molar-refractivity contribution in [1.29, 1.82) is 0 Å². The maximum atomic E-state index is 2.52. The third-order valence-electron chi connectivity index (χ3n) is 4.07. The Hall–Kier alpha value is -0.546. The van der Waals surface area contributed by atoms with Gasteiger partial charge in [-0.25, -0.2) is 0 Å². The van der Waals surface area contributed by atoms with Crippen LogP contribution in [-0.2, 0) is 14.4 Å². The van der Waals surface area contributed by atoms with E-state index < -0.39 is 0 Å².